The Balaban J connectivity index is 1.65. The molecule has 6 heteroatoms. The molecule has 0 amide bonds. The number of benzene rings is 2. The lowest BCUT2D eigenvalue weighted by Crippen LogP contribution is -3.12. The summed E-state index contributed by atoms with van der Waals surface area (Å²) >= 11 is 12.2. The van der Waals surface area contributed by atoms with E-state index in [-0.39, 0.29) is 17.3 Å². The second kappa shape index (κ2) is 7.78. The number of ketones is 1. The lowest BCUT2D eigenvalue weighted by molar-refractivity contribution is -0.922. The van der Waals surface area contributed by atoms with Crippen LogP contribution < -0.4 is 14.7 Å². The van der Waals surface area contributed by atoms with Crippen molar-refractivity contribution < 1.29 is 19.5 Å². The second-order valence-corrected chi connectivity index (χ2v) is 8.50. The zero-order valence-electron chi connectivity index (χ0n) is 15.6. The van der Waals surface area contributed by atoms with Crippen LogP contribution in [0.1, 0.15) is 41.3 Å². The summed E-state index contributed by atoms with van der Waals surface area (Å²) in [5, 5.41) is 13.5. The molecule has 146 valence electrons. The van der Waals surface area contributed by atoms with Crippen LogP contribution in [-0.2, 0) is 6.54 Å². The Morgan fingerprint density at radius 1 is 1.29 bits per heavy atom. The Kier molecular flexibility index (Phi) is 5.37. The number of quaternary nitrogens is 1. The van der Waals surface area contributed by atoms with Gasteiger partial charge in [0.15, 0.2) is 5.76 Å². The van der Waals surface area contributed by atoms with Crippen molar-refractivity contribution in [1.29, 1.82) is 0 Å². The number of ether oxygens (including phenoxy) is 1. The number of Topliss-reactive ketones (excluding diaryl/α,β-unsaturated/α-hetero) is 1. The smallest absolute Gasteiger partial charge is 0.231 e. The number of fused-ring (bicyclic) bond motifs is 1. The van der Waals surface area contributed by atoms with E-state index in [1.807, 2.05) is 0 Å². The SMILES string of the molecule is CC1CCC[NH+](Cc2c([O-])ccc3c2OC(=Cc2ccc(Cl)cc2Cl)C3=O)C1. The van der Waals surface area contributed by atoms with Crippen molar-refractivity contribution in [3.05, 3.63) is 62.8 Å². The van der Waals surface area contributed by atoms with Crippen molar-refractivity contribution in [3.8, 4) is 11.5 Å². The highest BCUT2D eigenvalue weighted by Gasteiger charge is 2.32. The molecule has 4 rings (SSSR count). The number of hydrogen-bond donors (Lipinski definition) is 1. The molecule has 1 fully saturated rings. The number of likely N-dealkylation sites (tertiary alicyclic amines) is 1. The molecule has 2 aliphatic rings. The Labute approximate surface area is 174 Å². The fourth-order valence-corrected chi connectivity index (χ4v) is 4.49. The van der Waals surface area contributed by atoms with Gasteiger partial charge in [0.25, 0.3) is 0 Å². The number of allylic oxidation sites excluding steroid dienone is 1. The van der Waals surface area contributed by atoms with Crippen LogP contribution in [0.25, 0.3) is 6.08 Å². The van der Waals surface area contributed by atoms with Gasteiger partial charge in [0.2, 0.25) is 5.78 Å². The number of rotatable bonds is 3. The molecule has 0 spiro atoms. The predicted octanol–water partition coefficient (Wildman–Crippen LogP) is 3.50. The molecule has 2 heterocycles. The summed E-state index contributed by atoms with van der Waals surface area (Å²) in [7, 11) is 0. The molecule has 4 nitrogen and oxygen atoms in total. The van der Waals surface area contributed by atoms with E-state index in [4.69, 9.17) is 27.9 Å². The number of halogens is 2. The minimum Gasteiger partial charge on any atom is -0.872 e. The Bertz CT molecular complexity index is 970. The topological polar surface area (TPSA) is 53.8 Å². The maximum Gasteiger partial charge on any atom is 0.231 e. The summed E-state index contributed by atoms with van der Waals surface area (Å²) in [6.45, 7) is 4.88. The third-order valence-corrected chi connectivity index (χ3v) is 6.00. The number of hydrogen-bond acceptors (Lipinski definition) is 3. The summed E-state index contributed by atoms with van der Waals surface area (Å²) in [5.74, 6) is 0.903. The fraction of sp³-hybridized carbons (Fsp3) is 0.318. The first-order valence-electron chi connectivity index (χ1n) is 9.48. The molecule has 0 radical (unpaired) electrons. The average Bonchev–Trinajstić information content (AvgIpc) is 2.96. The van der Waals surface area contributed by atoms with E-state index in [0.717, 1.165) is 19.5 Å². The van der Waals surface area contributed by atoms with Crippen LogP contribution in [0.2, 0.25) is 10.0 Å². The van der Waals surface area contributed by atoms with Crippen molar-refractivity contribution in [2.75, 3.05) is 13.1 Å². The predicted molar refractivity (Wildman–Crippen MR) is 108 cm³/mol. The van der Waals surface area contributed by atoms with Gasteiger partial charge in [-0.3, -0.25) is 4.79 Å². The first-order chi connectivity index (χ1) is 13.4. The van der Waals surface area contributed by atoms with E-state index in [2.05, 4.69) is 6.92 Å². The van der Waals surface area contributed by atoms with Crippen LogP contribution in [0.3, 0.4) is 0 Å². The first-order valence-corrected chi connectivity index (χ1v) is 10.2. The molecular formula is C22H21Cl2NO3. The van der Waals surface area contributed by atoms with Crippen molar-refractivity contribution in [2.24, 2.45) is 5.92 Å². The highest BCUT2D eigenvalue weighted by Crippen LogP contribution is 2.38. The standard InChI is InChI=1S/C22H21Cl2NO3/c1-13-3-2-8-25(11-13)12-17-19(26)7-6-16-21(27)20(28-22(16)17)9-14-4-5-15(23)10-18(14)24/h4-7,9-10,13,26H,2-3,8,11-12H2,1H3. The lowest BCUT2D eigenvalue weighted by Gasteiger charge is -2.29. The maximum atomic E-state index is 12.8. The first kappa shape index (κ1) is 19.3. The molecule has 0 aromatic heterocycles. The molecule has 28 heavy (non-hydrogen) atoms. The molecule has 2 atom stereocenters. The van der Waals surface area contributed by atoms with Gasteiger partial charge in [-0.2, -0.15) is 0 Å². The third-order valence-electron chi connectivity index (χ3n) is 5.44. The molecule has 2 aromatic rings. The molecule has 1 N–H and O–H groups in total. The van der Waals surface area contributed by atoms with E-state index in [1.54, 1.807) is 30.3 Å². The third kappa shape index (κ3) is 3.77. The second-order valence-electron chi connectivity index (χ2n) is 7.65. The van der Waals surface area contributed by atoms with E-state index >= 15 is 0 Å². The number of carbonyl (C=O) groups is 1. The number of nitrogens with one attached hydrogen (secondary N) is 1. The Morgan fingerprint density at radius 2 is 2.11 bits per heavy atom. The molecule has 1 saturated heterocycles. The molecular weight excluding hydrogens is 397 g/mol. The molecule has 2 unspecified atom stereocenters. The minimum atomic E-state index is -0.232. The molecule has 2 aromatic carbocycles. The van der Waals surface area contributed by atoms with Crippen LogP contribution in [0.4, 0.5) is 0 Å². The van der Waals surface area contributed by atoms with Gasteiger partial charge in [0, 0.05) is 21.5 Å². The molecule has 2 aliphatic heterocycles. The van der Waals surface area contributed by atoms with Gasteiger partial charge >= 0.3 is 0 Å². The van der Waals surface area contributed by atoms with Crippen LogP contribution in [0.15, 0.2) is 36.1 Å². The van der Waals surface area contributed by atoms with Crippen LogP contribution in [-0.4, -0.2) is 18.9 Å². The monoisotopic (exact) mass is 417 g/mol. The van der Waals surface area contributed by atoms with Gasteiger partial charge in [-0.15, -0.1) is 0 Å². The largest absolute Gasteiger partial charge is 0.872 e. The minimum absolute atomic E-state index is 0.0805. The summed E-state index contributed by atoms with van der Waals surface area (Å²) in [4.78, 5) is 14.2. The maximum absolute atomic E-state index is 12.8. The van der Waals surface area contributed by atoms with Gasteiger partial charge in [-0.05, 0) is 42.7 Å². The fourth-order valence-electron chi connectivity index (χ4n) is 4.02. The molecule has 0 aliphatic carbocycles. The summed E-state index contributed by atoms with van der Waals surface area (Å²) in [5.41, 5.74) is 1.66. The van der Waals surface area contributed by atoms with Gasteiger partial charge < -0.3 is 14.7 Å². The van der Waals surface area contributed by atoms with E-state index in [0.29, 0.717) is 44.9 Å². The zero-order chi connectivity index (χ0) is 19.8. The van der Waals surface area contributed by atoms with Crippen LogP contribution >= 0.6 is 23.2 Å². The van der Waals surface area contributed by atoms with Crippen molar-refractivity contribution >= 4 is 35.1 Å². The van der Waals surface area contributed by atoms with E-state index < -0.39 is 0 Å². The van der Waals surface area contributed by atoms with E-state index in [1.165, 1.54) is 17.4 Å². The van der Waals surface area contributed by atoms with Gasteiger partial charge in [-0.25, -0.2) is 0 Å². The van der Waals surface area contributed by atoms with E-state index in [9.17, 15) is 9.90 Å². The number of carbonyl (C=O) groups excluding carboxylic acids is 1. The summed E-state index contributed by atoms with van der Waals surface area (Å²) in [6.07, 6.45) is 3.98. The quantitative estimate of drug-likeness (QED) is 0.777. The van der Waals surface area contributed by atoms with Crippen LogP contribution in [0, 0.1) is 5.92 Å². The summed E-state index contributed by atoms with van der Waals surface area (Å²) < 4.78 is 5.90. The normalized spacial score (nSPS) is 23.0. The van der Waals surface area contributed by atoms with Gasteiger partial charge in [0.05, 0.1) is 18.7 Å². The zero-order valence-corrected chi connectivity index (χ0v) is 17.1. The average molecular weight is 418 g/mol. The van der Waals surface area contributed by atoms with Crippen molar-refractivity contribution in [2.45, 2.75) is 26.3 Å². The van der Waals surface area contributed by atoms with Crippen molar-refractivity contribution in [1.82, 2.24) is 0 Å². The van der Waals surface area contributed by atoms with Gasteiger partial charge in [0.1, 0.15) is 12.3 Å². The lowest BCUT2D eigenvalue weighted by atomic mass is 9.99. The van der Waals surface area contributed by atoms with Crippen molar-refractivity contribution in [3.63, 3.8) is 0 Å². The van der Waals surface area contributed by atoms with Gasteiger partial charge in [-0.1, -0.05) is 48.0 Å². The highest BCUT2D eigenvalue weighted by molar-refractivity contribution is 6.35. The molecule has 0 bridgehead atoms. The number of piperidine rings is 1. The Hall–Kier alpha value is -2.01. The highest BCUT2D eigenvalue weighted by atomic mass is 35.5. The summed E-state index contributed by atoms with van der Waals surface area (Å²) in [6, 6.07) is 8.08. The Morgan fingerprint density at radius 3 is 2.86 bits per heavy atom. The molecule has 0 saturated carbocycles. The van der Waals surface area contributed by atoms with Crippen LogP contribution in [0.5, 0.6) is 11.5 Å².